The van der Waals surface area contributed by atoms with Gasteiger partial charge in [-0.2, -0.15) is 14.4 Å². The second kappa shape index (κ2) is 16.4. The van der Waals surface area contributed by atoms with Crippen LogP contribution >= 0.6 is 34.9 Å². The van der Waals surface area contributed by atoms with Crippen molar-refractivity contribution in [1.82, 2.24) is 41.6 Å². The molecule has 5 heterocycles. The summed E-state index contributed by atoms with van der Waals surface area (Å²) in [7, 11) is 2.92. The average molecular weight is 819 g/mol. The van der Waals surface area contributed by atoms with Crippen molar-refractivity contribution in [3.63, 3.8) is 0 Å². The number of aromatic hydroxyl groups is 2. The first-order chi connectivity index (χ1) is 25.7. The number of nitrogens with zero attached hydrogens (tertiary/aromatic N) is 8. The van der Waals surface area contributed by atoms with Gasteiger partial charge in [0.15, 0.2) is 41.7 Å². The second-order valence-corrected chi connectivity index (χ2v) is 14.8. The molecule has 0 radical (unpaired) electrons. The van der Waals surface area contributed by atoms with E-state index in [0.717, 1.165) is 22.7 Å². The molecule has 1 unspecified atom stereocenters. The maximum Gasteiger partial charge on any atom is 0.352 e. The van der Waals surface area contributed by atoms with Crippen LogP contribution in [0.4, 0.5) is 5.13 Å². The number of benzene rings is 1. The summed E-state index contributed by atoms with van der Waals surface area (Å²) in [5.74, 6) is -3.17. The summed E-state index contributed by atoms with van der Waals surface area (Å²) in [6.45, 7) is 3.35. The zero-order chi connectivity index (χ0) is 38.9. The molecule has 6 rings (SSSR count). The topological polar surface area (TPSA) is 298 Å². The number of carbonyl (C=O) groups excluding carboxylic acids is 4. The number of thioether (sulfide) groups is 1. The molecular formula is C31H37ClN13O8S2+. The van der Waals surface area contributed by atoms with Gasteiger partial charge in [0, 0.05) is 48.6 Å². The highest BCUT2D eigenvalue weighted by molar-refractivity contribution is 8.00. The molecule has 3 aliphatic rings. The third kappa shape index (κ3) is 8.24. The number of rotatable bonds is 12. The second-order valence-electron chi connectivity index (χ2n) is 12.5. The Balaban J connectivity index is 0.00000580. The minimum atomic E-state index is -1.56. The lowest BCUT2D eigenvalue weighted by Gasteiger charge is -2.51. The standard InChI is InChI=1S/C31H33ClN12O8S2.H3N/c1-31(2,29(50)51-4)52-38-19(23-36-30(33)54-39-23)26(48)35-20-27(49)44-21(24-37-40-41-42(24)3)15(13-53-28(20)44)12-43-9-7-14(8-10-43)11-34-25(47)16-5-6-17(45)22(46)18(16)32;/h5-10,20,24,28H,11-13H2,1-4H3,(H6-,33,34,35,36,37,38,39,40,41,45,46,47,48);1H3/p+1/t20-,24?,28-;/m1./s1. The van der Waals surface area contributed by atoms with Crippen LogP contribution < -0.4 is 32.6 Å². The van der Waals surface area contributed by atoms with Gasteiger partial charge >= 0.3 is 5.97 Å². The largest absolute Gasteiger partial charge is 0.504 e. The Labute approximate surface area is 326 Å². The maximum atomic E-state index is 13.8. The van der Waals surface area contributed by atoms with Crippen LogP contribution in [0.5, 0.6) is 11.5 Å². The molecule has 0 spiro atoms. The summed E-state index contributed by atoms with van der Waals surface area (Å²) in [6.07, 6.45) is 3.01. The lowest BCUT2D eigenvalue weighted by Crippen LogP contribution is -2.71. The number of nitrogens with two attached hydrogens (primary N) is 1. The fraction of sp³-hybridized carbons (Fsp3) is 0.355. The number of aromatic nitrogens is 3. The van der Waals surface area contributed by atoms with Crippen LogP contribution in [0.3, 0.4) is 0 Å². The van der Waals surface area contributed by atoms with Gasteiger partial charge in [0.05, 0.1) is 23.4 Å². The number of anilines is 1. The predicted molar refractivity (Wildman–Crippen MR) is 197 cm³/mol. The smallest absolute Gasteiger partial charge is 0.352 e. The van der Waals surface area contributed by atoms with Crippen molar-refractivity contribution in [2.24, 2.45) is 15.5 Å². The van der Waals surface area contributed by atoms with Crippen molar-refractivity contribution < 1.29 is 43.5 Å². The molecule has 292 valence electrons. The number of hydrogen-bond acceptors (Lipinski definition) is 19. The first kappa shape index (κ1) is 40.6. The van der Waals surface area contributed by atoms with Gasteiger partial charge in [-0.3, -0.25) is 19.3 Å². The Bertz CT molecular complexity index is 2100. The number of hydrogen-bond donors (Lipinski definition) is 7. The fourth-order valence-corrected chi connectivity index (χ4v) is 7.55. The molecule has 1 fully saturated rings. The minimum absolute atomic E-state index is 0. The van der Waals surface area contributed by atoms with Gasteiger partial charge in [0.1, 0.15) is 11.4 Å². The van der Waals surface area contributed by atoms with Crippen LogP contribution in [0.25, 0.3) is 0 Å². The van der Waals surface area contributed by atoms with Crippen molar-refractivity contribution in [1.29, 1.82) is 0 Å². The number of esters is 1. The highest BCUT2D eigenvalue weighted by Crippen LogP contribution is 2.43. The SMILES string of the molecule is COC(=O)C(C)(C)O/N=C(\C(=O)N[C@@H]1C(=O)N2C(C3N=NNN3C)=C(C[n+]3ccc(CNC(=O)c4ccc(O)c(O)c4Cl)cc3)CS[C@H]12)c1nsc(N)n1.N. The average Bonchev–Trinajstić information content (AvgIpc) is 3.79. The Kier molecular flexibility index (Phi) is 12.1. The number of halogens is 1. The number of fused-ring (bicyclic) bond motifs is 1. The van der Waals surface area contributed by atoms with Crippen molar-refractivity contribution in [3.8, 4) is 11.5 Å². The van der Waals surface area contributed by atoms with Crippen LogP contribution in [0.1, 0.15) is 35.6 Å². The van der Waals surface area contributed by atoms with Gasteiger partial charge < -0.3 is 42.3 Å². The van der Waals surface area contributed by atoms with Gasteiger partial charge in [-0.15, -0.1) is 16.9 Å². The number of β-lactam (4-membered cyclic amide) rings is 1. The zero-order valence-corrected chi connectivity index (χ0v) is 32.1. The molecule has 1 saturated heterocycles. The molecule has 3 aromatic rings. The molecule has 55 heavy (non-hydrogen) atoms. The van der Waals surface area contributed by atoms with Crippen molar-refractivity contribution in [2.75, 3.05) is 25.6 Å². The van der Waals surface area contributed by atoms with Gasteiger partial charge in [-0.1, -0.05) is 22.0 Å². The minimum Gasteiger partial charge on any atom is -0.504 e. The van der Waals surface area contributed by atoms with Gasteiger partial charge in [0.2, 0.25) is 17.1 Å². The van der Waals surface area contributed by atoms with Crippen molar-refractivity contribution in [3.05, 3.63) is 69.9 Å². The highest BCUT2D eigenvalue weighted by Gasteiger charge is 2.55. The summed E-state index contributed by atoms with van der Waals surface area (Å²) < 4.78 is 10.7. The predicted octanol–water partition coefficient (Wildman–Crippen LogP) is 0.734. The molecule has 3 atom stereocenters. The number of nitrogens with one attached hydrogen (secondary N) is 3. The van der Waals surface area contributed by atoms with Crippen molar-refractivity contribution in [2.45, 2.75) is 50.1 Å². The molecule has 24 heteroatoms. The third-order valence-corrected chi connectivity index (χ3v) is 10.7. The lowest BCUT2D eigenvalue weighted by atomic mass is 10.0. The molecule has 0 bridgehead atoms. The van der Waals surface area contributed by atoms with Crippen LogP contribution in [0.15, 0.2) is 63.4 Å². The van der Waals surface area contributed by atoms with E-state index < -0.39 is 58.4 Å². The maximum absolute atomic E-state index is 13.8. The van der Waals surface area contributed by atoms with Crippen LogP contribution in [-0.4, -0.2) is 102 Å². The Hall–Kier alpha value is -5.62. The number of methoxy groups -OCH3 is 1. The van der Waals surface area contributed by atoms with Gasteiger partial charge in [-0.05, 0) is 31.5 Å². The van der Waals surface area contributed by atoms with E-state index >= 15 is 0 Å². The Morgan fingerprint density at radius 3 is 2.58 bits per heavy atom. The Morgan fingerprint density at radius 2 is 1.95 bits per heavy atom. The molecule has 0 aliphatic carbocycles. The molecule has 10 N–H and O–H groups in total. The molecule has 3 aliphatic heterocycles. The number of likely N-dealkylation sites (N-methyl/N-ethyl adjacent to an activating group) is 1. The third-order valence-electron chi connectivity index (χ3n) is 8.40. The first-order valence-electron chi connectivity index (χ1n) is 16.0. The Morgan fingerprint density at radius 1 is 1.22 bits per heavy atom. The molecule has 0 saturated carbocycles. The van der Waals surface area contributed by atoms with Gasteiger partial charge in [-0.25, -0.2) is 14.9 Å². The van der Waals surface area contributed by atoms with Crippen molar-refractivity contribution >= 4 is 69.4 Å². The summed E-state index contributed by atoms with van der Waals surface area (Å²) in [4.78, 5) is 63.3. The summed E-state index contributed by atoms with van der Waals surface area (Å²) in [5, 5.41) is 38.0. The number of carbonyl (C=O) groups is 4. The number of phenolic OH excluding ortho intramolecular Hbond substituents is 2. The quantitative estimate of drug-likeness (QED) is 0.0331. The van der Waals surface area contributed by atoms with E-state index in [1.807, 2.05) is 29.1 Å². The number of nitrogen functional groups attached to an aromatic ring is 1. The van der Waals surface area contributed by atoms with E-state index in [0.29, 0.717) is 18.0 Å². The normalized spacial score (nSPS) is 19.5. The molecule has 3 amide bonds. The highest BCUT2D eigenvalue weighted by atomic mass is 35.5. The van der Waals surface area contributed by atoms with E-state index in [1.54, 1.807) is 17.0 Å². The number of pyridine rings is 1. The molecule has 2 aromatic heterocycles. The summed E-state index contributed by atoms with van der Waals surface area (Å²) >= 11 is 8.29. The van der Waals surface area contributed by atoms with Crippen LogP contribution in [0.2, 0.25) is 5.02 Å². The van der Waals surface area contributed by atoms with E-state index in [4.69, 9.17) is 26.9 Å². The monoisotopic (exact) mass is 818 g/mol. The van der Waals surface area contributed by atoms with E-state index in [1.165, 1.54) is 44.9 Å². The van der Waals surface area contributed by atoms with E-state index in [-0.39, 0.29) is 39.9 Å². The number of phenols is 2. The zero-order valence-electron chi connectivity index (χ0n) is 29.7. The molecular weight excluding hydrogens is 782 g/mol. The number of hydrazine groups is 1. The number of ether oxygens (including phenoxy) is 1. The van der Waals surface area contributed by atoms with Gasteiger partial charge in [0.25, 0.3) is 17.7 Å². The first-order valence-corrected chi connectivity index (χ1v) is 18.2. The lowest BCUT2D eigenvalue weighted by molar-refractivity contribution is -0.689. The number of oxime groups is 1. The number of amides is 3. The molecule has 1 aromatic carbocycles. The molecule has 21 nitrogen and oxygen atoms in total. The fourth-order valence-electron chi connectivity index (χ4n) is 5.52. The van der Waals surface area contributed by atoms with E-state index in [9.17, 15) is 29.4 Å². The van der Waals surface area contributed by atoms with E-state index in [2.05, 4.69) is 41.0 Å². The summed E-state index contributed by atoms with van der Waals surface area (Å²) in [6, 6.07) is 5.16. The summed E-state index contributed by atoms with van der Waals surface area (Å²) in [5.41, 5.74) is 8.85. The van der Waals surface area contributed by atoms with Crippen LogP contribution in [0, 0.1) is 0 Å². The van der Waals surface area contributed by atoms with Crippen LogP contribution in [-0.2, 0) is 37.0 Å².